The normalized spacial score (nSPS) is 15.7. The zero-order valence-electron chi connectivity index (χ0n) is 42.6. The van der Waals surface area contributed by atoms with E-state index in [9.17, 15) is 0 Å². The topological polar surface area (TPSA) is 6.48 Å². The molecule has 0 amide bonds. The molecular formula is C73H60N2. The van der Waals surface area contributed by atoms with Crippen molar-refractivity contribution in [3.63, 3.8) is 0 Å². The highest BCUT2D eigenvalue weighted by molar-refractivity contribution is 6.09. The maximum absolute atomic E-state index is 2.56. The van der Waals surface area contributed by atoms with Gasteiger partial charge in [0.2, 0.25) is 0 Å². The van der Waals surface area contributed by atoms with Crippen LogP contribution in [0.25, 0.3) is 54.6 Å². The lowest BCUT2D eigenvalue weighted by Gasteiger charge is -2.31. The van der Waals surface area contributed by atoms with Crippen LogP contribution in [0, 0.1) is 0 Å². The molecule has 4 aliphatic carbocycles. The standard InChI is InChI=1S/C73H60N2/c1-5-17-49(18-6-1)51-29-36-60(37-30-51)74(58-22-9-3-10-23-58)62-40-33-54-45-66-67-46-55-34-41-63(75(59-24-11-4-12-25-59)61-38-31-52(32-39-61)50-19-7-2-8-20-50)44-57(55)48-71(67)73(70(66)47-56(54)43-62)68-28-16-15-27-65(68)72-64-26-14-13-21-53(64)35-42-69(72)73/h3-4,9-16,21-50H,1-2,5-8,17-20H2. The van der Waals surface area contributed by atoms with Crippen molar-refractivity contribution in [1.82, 2.24) is 0 Å². The van der Waals surface area contributed by atoms with Crippen molar-refractivity contribution in [2.75, 3.05) is 9.80 Å². The number of hydrogen-bond acceptors (Lipinski definition) is 2. The van der Waals surface area contributed by atoms with Crippen molar-refractivity contribution >= 4 is 66.4 Å². The second-order valence-corrected chi connectivity index (χ2v) is 22.1. The molecule has 1 spiro atoms. The first-order chi connectivity index (χ1) is 37.2. The fourth-order valence-electron chi connectivity index (χ4n) is 14.4. The zero-order valence-corrected chi connectivity index (χ0v) is 42.6. The van der Waals surface area contributed by atoms with Gasteiger partial charge in [-0.2, -0.15) is 0 Å². The molecule has 2 nitrogen and oxygen atoms in total. The Bertz CT molecular complexity index is 3760. The van der Waals surface area contributed by atoms with Gasteiger partial charge >= 0.3 is 0 Å². The third-order valence-corrected chi connectivity index (χ3v) is 18.0. The average molecular weight is 965 g/mol. The van der Waals surface area contributed by atoms with Crippen molar-refractivity contribution < 1.29 is 0 Å². The molecule has 2 saturated carbocycles. The van der Waals surface area contributed by atoms with E-state index in [2.05, 4.69) is 240 Å². The van der Waals surface area contributed by atoms with Crippen molar-refractivity contribution in [3.8, 4) is 22.3 Å². The lowest BCUT2D eigenvalue weighted by atomic mass is 9.70. The molecule has 0 heterocycles. The molecular weight excluding hydrogens is 905 g/mol. The van der Waals surface area contributed by atoms with E-state index in [1.807, 2.05) is 0 Å². The van der Waals surface area contributed by atoms with Gasteiger partial charge in [-0.15, -0.1) is 0 Å². The van der Waals surface area contributed by atoms with E-state index in [0.717, 1.165) is 22.7 Å². The minimum atomic E-state index is -0.544. The van der Waals surface area contributed by atoms with Crippen LogP contribution in [0.3, 0.4) is 0 Å². The molecule has 362 valence electrons. The molecule has 15 rings (SSSR count). The summed E-state index contributed by atoms with van der Waals surface area (Å²) in [7, 11) is 0. The molecule has 0 unspecified atom stereocenters. The van der Waals surface area contributed by atoms with Crippen molar-refractivity contribution in [2.24, 2.45) is 0 Å². The molecule has 75 heavy (non-hydrogen) atoms. The fourth-order valence-corrected chi connectivity index (χ4v) is 14.4. The minimum Gasteiger partial charge on any atom is -0.310 e. The summed E-state index contributed by atoms with van der Waals surface area (Å²) in [4.78, 5) is 4.89. The molecule has 11 aromatic carbocycles. The van der Waals surface area contributed by atoms with E-state index in [0.29, 0.717) is 11.8 Å². The Morgan fingerprint density at radius 2 is 0.720 bits per heavy atom. The summed E-state index contributed by atoms with van der Waals surface area (Å²) in [6.07, 6.45) is 13.3. The van der Waals surface area contributed by atoms with Gasteiger partial charge in [-0.25, -0.2) is 0 Å². The predicted octanol–water partition coefficient (Wildman–Crippen LogP) is 20.5. The number of fused-ring (bicyclic) bond motifs is 14. The molecule has 11 aromatic rings. The molecule has 4 aliphatic rings. The highest BCUT2D eigenvalue weighted by atomic mass is 15.1. The van der Waals surface area contributed by atoms with Gasteiger partial charge in [0.15, 0.2) is 0 Å². The highest BCUT2D eigenvalue weighted by Gasteiger charge is 2.52. The monoisotopic (exact) mass is 964 g/mol. The zero-order chi connectivity index (χ0) is 49.5. The van der Waals surface area contributed by atoms with Crippen LogP contribution in [0.15, 0.2) is 231 Å². The van der Waals surface area contributed by atoms with Gasteiger partial charge in [-0.05, 0) is 223 Å². The van der Waals surface area contributed by atoms with Crippen LogP contribution in [0.2, 0.25) is 0 Å². The molecule has 0 bridgehead atoms. The Hall–Kier alpha value is -8.20. The van der Waals surface area contributed by atoms with Gasteiger partial charge in [-0.1, -0.05) is 172 Å². The summed E-state index contributed by atoms with van der Waals surface area (Å²) in [5.41, 5.74) is 20.1. The third-order valence-electron chi connectivity index (χ3n) is 18.0. The van der Waals surface area contributed by atoms with Crippen LogP contribution < -0.4 is 9.80 Å². The second kappa shape index (κ2) is 18.0. The molecule has 0 atom stereocenters. The Labute approximate surface area is 441 Å². The molecule has 0 saturated heterocycles. The van der Waals surface area contributed by atoms with Crippen LogP contribution in [0.5, 0.6) is 0 Å². The Kier molecular flexibility index (Phi) is 10.6. The largest absolute Gasteiger partial charge is 0.310 e. The lowest BCUT2D eigenvalue weighted by molar-refractivity contribution is 0.443. The van der Waals surface area contributed by atoms with E-state index in [4.69, 9.17) is 0 Å². The molecule has 0 aliphatic heterocycles. The SMILES string of the molecule is c1ccc(N(c2ccc(C3CCCCC3)cc2)c2ccc3cc4c(cc3c2)C2(c3cc5cc(N(c6ccccc6)c6ccc(C7CCCCC7)cc6)ccc5cc3-4)c3ccccc3-c3c2ccc2ccccc32)cc1. The lowest BCUT2D eigenvalue weighted by Crippen LogP contribution is -2.26. The second-order valence-electron chi connectivity index (χ2n) is 22.1. The fraction of sp³-hybridized carbons (Fsp3) is 0.178. The molecule has 2 fully saturated rings. The van der Waals surface area contributed by atoms with E-state index in [1.165, 1.54) is 164 Å². The van der Waals surface area contributed by atoms with E-state index >= 15 is 0 Å². The minimum absolute atomic E-state index is 0.544. The van der Waals surface area contributed by atoms with Crippen LogP contribution in [0.1, 0.15) is 109 Å². The van der Waals surface area contributed by atoms with Gasteiger partial charge in [0.1, 0.15) is 0 Å². The number of rotatable bonds is 8. The first-order valence-corrected chi connectivity index (χ1v) is 27.9. The van der Waals surface area contributed by atoms with Crippen LogP contribution in [-0.4, -0.2) is 0 Å². The Balaban J connectivity index is 0.921. The summed E-state index contributed by atoms with van der Waals surface area (Å²) in [5, 5.41) is 7.55. The Morgan fingerprint density at radius 1 is 0.280 bits per heavy atom. The van der Waals surface area contributed by atoms with E-state index < -0.39 is 5.41 Å². The Morgan fingerprint density at radius 3 is 1.25 bits per heavy atom. The van der Waals surface area contributed by atoms with Gasteiger partial charge in [0, 0.05) is 34.1 Å². The number of nitrogens with zero attached hydrogens (tertiary/aromatic N) is 2. The maximum Gasteiger partial charge on any atom is 0.0726 e. The van der Waals surface area contributed by atoms with Crippen molar-refractivity contribution in [1.29, 1.82) is 0 Å². The highest BCUT2D eigenvalue weighted by Crippen LogP contribution is 2.65. The molecule has 0 aromatic heterocycles. The van der Waals surface area contributed by atoms with Gasteiger partial charge in [-0.3, -0.25) is 0 Å². The first kappa shape index (κ1) is 44.3. The molecule has 2 heteroatoms. The van der Waals surface area contributed by atoms with Gasteiger partial charge in [0.05, 0.1) is 5.41 Å². The maximum atomic E-state index is 2.56. The molecule has 0 N–H and O–H groups in total. The summed E-state index contributed by atoms with van der Waals surface area (Å²) in [5.74, 6) is 1.33. The number of hydrogen-bond donors (Lipinski definition) is 0. The van der Waals surface area contributed by atoms with Crippen LogP contribution in [-0.2, 0) is 5.41 Å². The molecule has 0 radical (unpaired) electrons. The smallest absolute Gasteiger partial charge is 0.0726 e. The predicted molar refractivity (Wildman–Crippen MR) is 316 cm³/mol. The van der Waals surface area contributed by atoms with Crippen molar-refractivity contribution in [2.45, 2.75) is 81.5 Å². The van der Waals surface area contributed by atoms with Crippen molar-refractivity contribution in [3.05, 3.63) is 264 Å². The van der Waals surface area contributed by atoms with Gasteiger partial charge < -0.3 is 9.80 Å². The first-order valence-electron chi connectivity index (χ1n) is 27.9. The summed E-state index contributed by atoms with van der Waals surface area (Å²) in [6, 6.07) is 88.4. The average Bonchev–Trinajstić information content (AvgIpc) is 4.16. The van der Waals surface area contributed by atoms with Crippen LogP contribution >= 0.6 is 0 Å². The number of anilines is 6. The van der Waals surface area contributed by atoms with E-state index in [1.54, 1.807) is 0 Å². The number of benzene rings is 11. The summed E-state index contributed by atoms with van der Waals surface area (Å²) >= 11 is 0. The summed E-state index contributed by atoms with van der Waals surface area (Å²) in [6.45, 7) is 0. The third kappa shape index (κ3) is 7.21. The summed E-state index contributed by atoms with van der Waals surface area (Å²) < 4.78 is 0. The van der Waals surface area contributed by atoms with E-state index in [-0.39, 0.29) is 0 Å². The quantitative estimate of drug-likeness (QED) is 0.150. The van der Waals surface area contributed by atoms with Gasteiger partial charge in [0.25, 0.3) is 0 Å². The number of para-hydroxylation sites is 2. The van der Waals surface area contributed by atoms with Crippen LogP contribution in [0.4, 0.5) is 34.1 Å².